The molecule has 0 aliphatic carbocycles. The van der Waals surface area contributed by atoms with Gasteiger partial charge in [0.2, 0.25) is 5.76 Å². The van der Waals surface area contributed by atoms with Crippen molar-refractivity contribution >= 4 is 5.91 Å². The average Bonchev–Trinajstić information content (AvgIpc) is 3.14. The molecule has 1 atom stereocenters. The number of carbonyl (C=O) groups excluding carboxylic acids is 1. The zero-order valence-corrected chi connectivity index (χ0v) is 18.2. The molecule has 29 heavy (non-hydrogen) atoms. The number of hydrogen-bond donors (Lipinski definition) is 0. The highest BCUT2D eigenvalue weighted by atomic mass is 16.5. The summed E-state index contributed by atoms with van der Waals surface area (Å²) in [6, 6.07) is 0.615. The number of amides is 1. The number of piperidine rings is 1. The van der Waals surface area contributed by atoms with E-state index in [1.54, 1.807) is 0 Å². The number of hydrogen-bond acceptors (Lipinski definition) is 6. The summed E-state index contributed by atoms with van der Waals surface area (Å²) in [7, 11) is 0. The molecule has 0 radical (unpaired) electrons. The quantitative estimate of drug-likeness (QED) is 0.768. The first-order chi connectivity index (χ1) is 14.0. The first-order valence-electron chi connectivity index (χ1n) is 11.3. The largest absolute Gasteiger partial charge is 0.438 e. The van der Waals surface area contributed by atoms with Gasteiger partial charge in [0, 0.05) is 58.5 Å². The number of carbonyl (C=O) groups is 1. The Balaban J connectivity index is 1.30. The molecule has 0 saturated carbocycles. The topological polar surface area (TPSA) is 62.1 Å². The summed E-state index contributed by atoms with van der Waals surface area (Å²) in [6.45, 7) is 14.6. The molecule has 7 heteroatoms. The molecule has 3 aliphatic rings. The van der Waals surface area contributed by atoms with Crippen LogP contribution >= 0.6 is 0 Å². The van der Waals surface area contributed by atoms with Gasteiger partial charge in [-0.1, -0.05) is 13.8 Å². The molecule has 1 aromatic rings. The molecule has 3 saturated heterocycles. The van der Waals surface area contributed by atoms with Crippen LogP contribution in [0.15, 0.2) is 10.8 Å². The molecule has 1 spiro atoms. The third-order valence-electron chi connectivity index (χ3n) is 6.92. The van der Waals surface area contributed by atoms with Crippen molar-refractivity contribution in [3.63, 3.8) is 0 Å². The first-order valence-corrected chi connectivity index (χ1v) is 11.3. The Bertz CT molecular complexity index is 688. The van der Waals surface area contributed by atoms with Gasteiger partial charge in [0.25, 0.3) is 5.91 Å². The van der Waals surface area contributed by atoms with Crippen LogP contribution in [-0.2, 0) is 4.74 Å². The van der Waals surface area contributed by atoms with E-state index < -0.39 is 0 Å². The van der Waals surface area contributed by atoms with Gasteiger partial charge in [-0.05, 0) is 38.5 Å². The van der Waals surface area contributed by atoms with Crippen LogP contribution in [0.3, 0.4) is 0 Å². The van der Waals surface area contributed by atoms with Crippen LogP contribution in [0.25, 0.3) is 0 Å². The summed E-state index contributed by atoms with van der Waals surface area (Å²) in [5.41, 5.74) is 0.603. The van der Waals surface area contributed by atoms with Crippen molar-refractivity contribution in [3.05, 3.63) is 17.8 Å². The molecule has 4 heterocycles. The van der Waals surface area contributed by atoms with E-state index in [1.165, 1.54) is 39.1 Å². The molecule has 3 aliphatic heterocycles. The lowest BCUT2D eigenvalue weighted by Crippen LogP contribution is -2.57. The Labute approximate surface area is 174 Å². The number of oxazole rings is 1. The number of ether oxygens (including phenoxy) is 1. The van der Waals surface area contributed by atoms with Gasteiger partial charge in [0.1, 0.15) is 0 Å². The van der Waals surface area contributed by atoms with Crippen molar-refractivity contribution in [3.8, 4) is 0 Å². The lowest BCUT2D eigenvalue weighted by molar-refractivity contribution is -0.132. The molecule has 0 bridgehead atoms. The summed E-state index contributed by atoms with van der Waals surface area (Å²) >= 11 is 0. The third kappa shape index (κ3) is 4.67. The van der Waals surface area contributed by atoms with Gasteiger partial charge in [-0.2, -0.15) is 0 Å². The Hall–Kier alpha value is -1.44. The minimum atomic E-state index is -0.0643. The number of nitrogens with zero attached hydrogens (tertiary/aromatic N) is 4. The molecule has 0 aromatic carbocycles. The maximum atomic E-state index is 12.7. The van der Waals surface area contributed by atoms with Gasteiger partial charge in [0.15, 0.2) is 6.39 Å². The van der Waals surface area contributed by atoms with Crippen LogP contribution < -0.4 is 0 Å². The molecule has 1 aromatic heterocycles. The molecular formula is C22H36N4O3. The lowest BCUT2D eigenvalue weighted by Gasteiger charge is -2.49. The van der Waals surface area contributed by atoms with Crippen molar-refractivity contribution in [1.29, 1.82) is 0 Å². The van der Waals surface area contributed by atoms with Crippen LogP contribution in [0.5, 0.6) is 0 Å². The van der Waals surface area contributed by atoms with Gasteiger partial charge < -0.3 is 19.0 Å². The van der Waals surface area contributed by atoms with Crippen molar-refractivity contribution in [2.24, 2.45) is 5.92 Å². The maximum absolute atomic E-state index is 12.7. The van der Waals surface area contributed by atoms with Crippen LogP contribution in [0.4, 0.5) is 0 Å². The highest BCUT2D eigenvalue weighted by Crippen LogP contribution is 2.37. The molecule has 1 amide bonds. The summed E-state index contributed by atoms with van der Waals surface area (Å²) in [4.78, 5) is 24.0. The van der Waals surface area contributed by atoms with Crippen molar-refractivity contribution in [2.45, 2.75) is 58.1 Å². The predicted octanol–water partition coefficient (Wildman–Crippen LogP) is 2.41. The molecule has 0 unspecified atom stereocenters. The normalized spacial score (nSPS) is 26.3. The first kappa shape index (κ1) is 20.8. The fraction of sp³-hybridized carbons (Fsp3) is 0.818. The van der Waals surface area contributed by atoms with E-state index in [-0.39, 0.29) is 11.5 Å². The van der Waals surface area contributed by atoms with E-state index in [0.717, 1.165) is 51.3 Å². The van der Waals surface area contributed by atoms with Gasteiger partial charge in [-0.25, -0.2) is 4.98 Å². The lowest BCUT2D eigenvalue weighted by atomic mass is 9.81. The second-order valence-corrected chi connectivity index (χ2v) is 9.47. The van der Waals surface area contributed by atoms with E-state index in [1.807, 2.05) is 11.8 Å². The number of piperazine rings is 1. The monoisotopic (exact) mass is 404 g/mol. The van der Waals surface area contributed by atoms with Gasteiger partial charge >= 0.3 is 0 Å². The van der Waals surface area contributed by atoms with Crippen molar-refractivity contribution < 1.29 is 13.9 Å². The minimum Gasteiger partial charge on any atom is -0.438 e. The third-order valence-corrected chi connectivity index (χ3v) is 6.92. The van der Waals surface area contributed by atoms with Gasteiger partial charge in [-0.3, -0.25) is 9.69 Å². The van der Waals surface area contributed by atoms with Crippen LogP contribution in [0, 0.1) is 12.8 Å². The van der Waals surface area contributed by atoms with Gasteiger partial charge in [-0.15, -0.1) is 0 Å². The van der Waals surface area contributed by atoms with E-state index in [9.17, 15) is 4.79 Å². The summed E-state index contributed by atoms with van der Waals surface area (Å²) in [5.74, 6) is 1.08. The number of likely N-dealkylation sites (tertiary alicyclic amines) is 1. The Kier molecular flexibility index (Phi) is 6.27. The second kappa shape index (κ2) is 8.74. The van der Waals surface area contributed by atoms with E-state index in [0.29, 0.717) is 17.5 Å². The predicted molar refractivity (Wildman–Crippen MR) is 111 cm³/mol. The number of aromatic nitrogens is 1. The van der Waals surface area contributed by atoms with E-state index in [2.05, 4.69) is 28.6 Å². The number of rotatable bonds is 4. The summed E-state index contributed by atoms with van der Waals surface area (Å²) < 4.78 is 11.6. The molecule has 4 rings (SSSR count). The number of aryl methyl sites for hydroxylation is 1. The van der Waals surface area contributed by atoms with Crippen molar-refractivity contribution in [2.75, 3.05) is 52.4 Å². The van der Waals surface area contributed by atoms with Crippen LogP contribution in [-0.4, -0.2) is 89.7 Å². The van der Waals surface area contributed by atoms with Crippen LogP contribution in [0.2, 0.25) is 0 Å². The van der Waals surface area contributed by atoms with Gasteiger partial charge in [0.05, 0.1) is 11.3 Å². The molecule has 7 nitrogen and oxygen atoms in total. The SMILES string of the molecule is Cc1ncoc1C(=O)N1CCC2(CC1)C[C@H](N1CCN(CC(C)C)CC1)CCO2. The maximum Gasteiger partial charge on any atom is 0.291 e. The highest BCUT2D eigenvalue weighted by Gasteiger charge is 2.43. The highest BCUT2D eigenvalue weighted by molar-refractivity contribution is 5.92. The summed E-state index contributed by atoms with van der Waals surface area (Å²) in [5, 5.41) is 0. The zero-order valence-electron chi connectivity index (χ0n) is 18.2. The Morgan fingerprint density at radius 2 is 1.93 bits per heavy atom. The molecule has 0 N–H and O–H groups in total. The zero-order chi connectivity index (χ0) is 20.4. The summed E-state index contributed by atoms with van der Waals surface area (Å²) in [6.07, 6.45) is 5.40. The van der Waals surface area contributed by atoms with E-state index in [4.69, 9.17) is 9.15 Å². The fourth-order valence-electron chi connectivity index (χ4n) is 5.26. The van der Waals surface area contributed by atoms with Crippen LogP contribution in [0.1, 0.15) is 55.8 Å². The minimum absolute atomic E-state index is 0.0384. The molecule has 3 fully saturated rings. The standard InChI is InChI=1S/C22H36N4O3/c1-17(2)15-24-9-11-25(12-10-24)19-4-13-29-22(14-19)5-7-26(8-6-22)21(27)20-18(3)23-16-28-20/h16-17,19H,4-15H2,1-3H3/t19-/m1/s1. The second-order valence-electron chi connectivity index (χ2n) is 9.47. The Morgan fingerprint density at radius 3 is 2.55 bits per heavy atom. The average molecular weight is 405 g/mol. The Morgan fingerprint density at radius 1 is 1.21 bits per heavy atom. The molecular weight excluding hydrogens is 368 g/mol. The van der Waals surface area contributed by atoms with Crippen molar-refractivity contribution in [1.82, 2.24) is 19.7 Å². The molecule has 162 valence electrons. The fourth-order valence-corrected chi connectivity index (χ4v) is 5.26. The smallest absolute Gasteiger partial charge is 0.291 e. The van der Waals surface area contributed by atoms with E-state index >= 15 is 0 Å².